The van der Waals surface area contributed by atoms with Gasteiger partial charge in [-0.3, -0.25) is 9.78 Å². The van der Waals surface area contributed by atoms with Gasteiger partial charge in [-0.2, -0.15) is 4.98 Å². The van der Waals surface area contributed by atoms with Gasteiger partial charge in [0.25, 0.3) is 5.56 Å². The third-order valence-electron chi connectivity index (χ3n) is 6.98. The number of unbranched alkanes of at least 4 members (excludes halogenated alkanes) is 1. The van der Waals surface area contributed by atoms with Gasteiger partial charge < -0.3 is 18.9 Å². The van der Waals surface area contributed by atoms with E-state index < -0.39 is 11.2 Å². The number of hydrogen-bond acceptors (Lipinski definition) is 8. The molecule has 2 bridgehead atoms. The van der Waals surface area contributed by atoms with Crippen LogP contribution in [0.1, 0.15) is 70.3 Å². The van der Waals surface area contributed by atoms with Gasteiger partial charge in [-0.15, -0.1) is 0 Å². The zero-order valence-corrected chi connectivity index (χ0v) is 19.4. The second-order valence-electron chi connectivity index (χ2n) is 9.48. The second kappa shape index (κ2) is 9.60. The molecule has 4 heterocycles. The molecule has 34 heavy (non-hydrogen) atoms. The predicted octanol–water partition coefficient (Wildman–Crippen LogP) is 3.52. The van der Waals surface area contributed by atoms with Crippen molar-refractivity contribution in [2.75, 3.05) is 6.61 Å². The van der Waals surface area contributed by atoms with Gasteiger partial charge in [-0.1, -0.05) is 30.8 Å². The average Bonchev–Trinajstić information content (AvgIpc) is 3.58. The summed E-state index contributed by atoms with van der Waals surface area (Å²) in [7, 11) is 0. The second-order valence-corrected chi connectivity index (χ2v) is 9.48. The number of carbonyl (C=O) groups is 1. The van der Waals surface area contributed by atoms with E-state index in [9.17, 15) is 14.4 Å². The number of nitrogens with one attached hydrogen (secondary N) is 1. The molecule has 3 fully saturated rings. The average molecular weight is 471 g/mol. The third kappa shape index (κ3) is 4.85. The molecule has 0 spiro atoms. The summed E-state index contributed by atoms with van der Waals surface area (Å²) < 4.78 is 10.4. The normalized spacial score (nSPS) is 21.7. The molecular weight excluding hydrogens is 440 g/mol. The van der Waals surface area contributed by atoms with Crippen LogP contribution < -0.4 is 16.0 Å². The highest BCUT2D eigenvalue weighted by Gasteiger charge is 2.43. The van der Waals surface area contributed by atoms with E-state index in [1.807, 2.05) is 0 Å². The molecule has 1 saturated carbocycles. The number of hydrogen-bond donors (Lipinski definition) is 1. The lowest BCUT2D eigenvalue weighted by molar-refractivity contribution is 0.0856. The Labute approximate surface area is 196 Å². The summed E-state index contributed by atoms with van der Waals surface area (Å²) in [4.78, 5) is 51.1. The minimum Gasteiger partial charge on any atom is -0.450 e. The van der Waals surface area contributed by atoms with Crippen LogP contribution in [0.3, 0.4) is 0 Å². The number of aryl methyl sites for hydroxylation is 1. The number of amides is 1. The molecule has 10 heteroatoms. The Morgan fingerprint density at radius 2 is 1.97 bits per heavy atom. The molecular formula is C24H30N4O6. The largest absolute Gasteiger partial charge is 0.450 e. The standard InChI is InChI=1S/C24H30N4O6/c1-2-32-24(31)28-17-9-10-18(28)13-16(12-17)27-34-23-25-21(30)20-15(6-4-3-5-14-7-8-14)11-19(29)33-22(20)26-23/h11,14,17-18H,2-10,12-13H2,1H3,(H,25,26,30). The van der Waals surface area contributed by atoms with Crippen LogP contribution in [0.4, 0.5) is 4.79 Å². The van der Waals surface area contributed by atoms with Crippen molar-refractivity contribution in [3.8, 4) is 6.01 Å². The third-order valence-corrected chi connectivity index (χ3v) is 6.98. The van der Waals surface area contributed by atoms with Crippen molar-refractivity contribution in [1.29, 1.82) is 0 Å². The predicted molar refractivity (Wildman–Crippen MR) is 124 cm³/mol. The maximum absolute atomic E-state index is 12.8. The Morgan fingerprint density at radius 3 is 2.68 bits per heavy atom. The number of nitrogens with zero attached hydrogens (tertiary/aromatic N) is 3. The highest BCUT2D eigenvalue weighted by molar-refractivity contribution is 5.88. The van der Waals surface area contributed by atoms with E-state index in [0.717, 1.165) is 37.3 Å². The Hall–Kier alpha value is -3.17. The molecule has 1 N–H and O–H groups in total. The van der Waals surface area contributed by atoms with Crippen LogP contribution in [0.5, 0.6) is 6.01 Å². The van der Waals surface area contributed by atoms with Gasteiger partial charge >= 0.3 is 17.7 Å². The molecule has 10 nitrogen and oxygen atoms in total. The van der Waals surface area contributed by atoms with Gasteiger partial charge in [-0.25, -0.2) is 9.59 Å². The van der Waals surface area contributed by atoms with Crippen LogP contribution in [0.25, 0.3) is 11.1 Å². The molecule has 2 aliphatic heterocycles. The van der Waals surface area contributed by atoms with Crippen LogP contribution in [0.2, 0.25) is 0 Å². The number of carbonyl (C=O) groups excluding carboxylic acids is 1. The number of fused-ring (bicyclic) bond motifs is 3. The SMILES string of the molecule is CCOC(=O)N1C2CCC1CC(=NOc1nc3oc(=O)cc(CCCCC4CC4)c3c(=O)[nH]1)C2. The van der Waals surface area contributed by atoms with Crippen LogP contribution in [-0.4, -0.2) is 45.4 Å². The van der Waals surface area contributed by atoms with Gasteiger partial charge in [0, 0.05) is 31.0 Å². The molecule has 1 amide bonds. The van der Waals surface area contributed by atoms with Crippen molar-refractivity contribution in [2.45, 2.75) is 83.2 Å². The van der Waals surface area contributed by atoms with Crippen LogP contribution in [0, 0.1) is 5.92 Å². The maximum Gasteiger partial charge on any atom is 0.410 e. The Bertz CT molecular complexity index is 1200. The van der Waals surface area contributed by atoms with Crippen LogP contribution >= 0.6 is 0 Å². The van der Waals surface area contributed by atoms with Crippen molar-refractivity contribution < 1.29 is 18.8 Å². The Morgan fingerprint density at radius 1 is 1.21 bits per heavy atom. The number of aromatic amines is 1. The van der Waals surface area contributed by atoms with E-state index in [-0.39, 0.29) is 35.3 Å². The number of ether oxygens (including phenoxy) is 1. The molecule has 2 aromatic rings. The first-order valence-electron chi connectivity index (χ1n) is 12.3. The lowest BCUT2D eigenvalue weighted by Crippen LogP contribution is -2.47. The first kappa shape index (κ1) is 22.6. The summed E-state index contributed by atoms with van der Waals surface area (Å²) in [5.41, 5.74) is 0.445. The molecule has 0 aromatic carbocycles. The van der Waals surface area contributed by atoms with E-state index >= 15 is 0 Å². The number of rotatable bonds is 8. The van der Waals surface area contributed by atoms with E-state index in [2.05, 4.69) is 15.1 Å². The summed E-state index contributed by atoms with van der Waals surface area (Å²) in [5.74, 6) is 0.858. The molecule has 2 unspecified atom stereocenters. The van der Waals surface area contributed by atoms with Gasteiger partial charge in [0.15, 0.2) is 0 Å². The number of H-pyrrole nitrogens is 1. The smallest absolute Gasteiger partial charge is 0.410 e. The maximum atomic E-state index is 12.8. The van der Waals surface area contributed by atoms with Gasteiger partial charge in [0.2, 0.25) is 5.71 Å². The summed E-state index contributed by atoms with van der Waals surface area (Å²) in [5, 5.41) is 4.48. The van der Waals surface area contributed by atoms with Gasteiger partial charge in [-0.05, 0) is 44.1 Å². The van der Waals surface area contributed by atoms with Crippen molar-refractivity contribution in [2.24, 2.45) is 11.1 Å². The summed E-state index contributed by atoms with van der Waals surface area (Å²) in [6.07, 6.45) is 9.10. The zero-order valence-electron chi connectivity index (χ0n) is 19.4. The molecule has 2 aromatic heterocycles. The van der Waals surface area contributed by atoms with Crippen LogP contribution in [-0.2, 0) is 11.2 Å². The first-order valence-corrected chi connectivity index (χ1v) is 12.3. The zero-order chi connectivity index (χ0) is 23.7. The lowest BCUT2D eigenvalue weighted by Gasteiger charge is -2.34. The van der Waals surface area contributed by atoms with E-state index in [0.29, 0.717) is 31.4 Å². The fourth-order valence-electron chi connectivity index (χ4n) is 5.19. The molecule has 1 aliphatic carbocycles. The minimum absolute atomic E-state index is 0.0317. The van der Waals surface area contributed by atoms with Crippen molar-refractivity contribution in [3.63, 3.8) is 0 Å². The van der Waals surface area contributed by atoms with Crippen molar-refractivity contribution >= 4 is 22.9 Å². The van der Waals surface area contributed by atoms with E-state index in [4.69, 9.17) is 14.0 Å². The minimum atomic E-state index is -0.539. The van der Waals surface area contributed by atoms with Crippen molar-refractivity contribution in [3.05, 3.63) is 32.4 Å². The fraction of sp³-hybridized carbons (Fsp3) is 0.625. The lowest BCUT2D eigenvalue weighted by atomic mass is 10.0. The van der Waals surface area contributed by atoms with Crippen molar-refractivity contribution in [1.82, 2.24) is 14.9 Å². The number of oxime groups is 1. The summed E-state index contributed by atoms with van der Waals surface area (Å²) in [6, 6.07) is 1.32. The van der Waals surface area contributed by atoms with E-state index in [1.54, 1.807) is 11.8 Å². The summed E-state index contributed by atoms with van der Waals surface area (Å²) in [6.45, 7) is 2.14. The van der Waals surface area contributed by atoms with Crippen LogP contribution in [0.15, 0.2) is 25.2 Å². The highest BCUT2D eigenvalue weighted by atomic mass is 16.6. The summed E-state index contributed by atoms with van der Waals surface area (Å²) >= 11 is 0. The first-order chi connectivity index (χ1) is 16.5. The van der Waals surface area contributed by atoms with Gasteiger partial charge in [0.1, 0.15) is 5.39 Å². The molecule has 3 aliphatic rings. The number of piperidine rings is 1. The molecule has 5 rings (SSSR count). The Balaban J connectivity index is 1.29. The molecule has 2 atom stereocenters. The molecule has 0 radical (unpaired) electrons. The highest BCUT2D eigenvalue weighted by Crippen LogP contribution is 2.35. The van der Waals surface area contributed by atoms with Gasteiger partial charge in [0.05, 0.1) is 12.3 Å². The fourth-order valence-corrected chi connectivity index (χ4v) is 5.19. The van der Waals surface area contributed by atoms with E-state index in [1.165, 1.54) is 25.3 Å². The number of aromatic nitrogens is 2. The quantitative estimate of drug-likeness (QED) is 0.462. The Kier molecular flexibility index (Phi) is 6.38. The molecule has 2 saturated heterocycles. The molecule has 182 valence electrons. The topological polar surface area (TPSA) is 127 Å². The monoisotopic (exact) mass is 470 g/mol.